The first kappa shape index (κ1) is 15.0. The van der Waals surface area contributed by atoms with Crippen molar-refractivity contribution in [2.75, 3.05) is 0 Å². The number of nitrogens with one attached hydrogen (secondary N) is 1. The second-order valence-corrected chi connectivity index (χ2v) is 4.96. The molecule has 1 aromatic rings. The Balaban J connectivity index is 2.81. The fourth-order valence-corrected chi connectivity index (χ4v) is 2.29. The molecule has 1 atom stereocenters. The zero-order chi connectivity index (χ0) is 13.5. The van der Waals surface area contributed by atoms with Crippen LogP contribution in [0.1, 0.15) is 52.1 Å². The summed E-state index contributed by atoms with van der Waals surface area (Å²) in [4.78, 5) is 0. The van der Waals surface area contributed by atoms with Crippen molar-refractivity contribution in [3.63, 3.8) is 0 Å². The van der Waals surface area contributed by atoms with Gasteiger partial charge in [0.15, 0.2) is 0 Å². The molecule has 1 unspecified atom stereocenters. The highest BCUT2D eigenvalue weighted by atomic mass is 16.5. The van der Waals surface area contributed by atoms with Crippen LogP contribution < -0.4 is 16.0 Å². The van der Waals surface area contributed by atoms with E-state index in [0.29, 0.717) is 5.92 Å². The lowest BCUT2D eigenvalue weighted by Crippen LogP contribution is -2.33. The molecule has 0 fully saturated rings. The highest BCUT2D eigenvalue weighted by molar-refractivity contribution is 5.29. The topological polar surface area (TPSA) is 47.3 Å². The van der Waals surface area contributed by atoms with Gasteiger partial charge in [0.25, 0.3) is 0 Å². The quantitative estimate of drug-likeness (QED) is 0.576. The van der Waals surface area contributed by atoms with E-state index in [9.17, 15) is 0 Å². The predicted molar refractivity (Wildman–Crippen MR) is 76.3 cm³/mol. The zero-order valence-electron chi connectivity index (χ0n) is 11.9. The van der Waals surface area contributed by atoms with Crippen LogP contribution in [-0.2, 0) is 0 Å². The predicted octanol–water partition coefficient (Wildman–Crippen LogP) is 3.41. The average molecular weight is 250 g/mol. The van der Waals surface area contributed by atoms with Gasteiger partial charge in [-0.25, -0.2) is 0 Å². The second-order valence-electron chi connectivity index (χ2n) is 4.96. The minimum Gasteiger partial charge on any atom is -0.491 e. The Labute approximate surface area is 111 Å². The van der Waals surface area contributed by atoms with Crippen LogP contribution in [0.2, 0.25) is 0 Å². The Kier molecular flexibility index (Phi) is 6.16. The van der Waals surface area contributed by atoms with Crippen LogP contribution in [0.3, 0.4) is 0 Å². The van der Waals surface area contributed by atoms with Crippen LogP contribution in [0.5, 0.6) is 5.75 Å². The third-order valence-corrected chi connectivity index (χ3v) is 3.31. The maximum absolute atomic E-state index is 5.69. The molecule has 0 amide bonds. The van der Waals surface area contributed by atoms with E-state index in [0.717, 1.165) is 18.6 Å². The Bertz CT molecular complexity index is 331. The first-order valence-corrected chi connectivity index (χ1v) is 6.85. The summed E-state index contributed by atoms with van der Waals surface area (Å²) in [6.07, 6.45) is 2.45. The largest absolute Gasteiger partial charge is 0.491 e. The van der Waals surface area contributed by atoms with Crippen molar-refractivity contribution in [2.45, 2.75) is 52.7 Å². The molecule has 0 aliphatic rings. The van der Waals surface area contributed by atoms with E-state index in [1.807, 2.05) is 26.0 Å². The van der Waals surface area contributed by atoms with E-state index in [1.165, 1.54) is 5.56 Å². The summed E-state index contributed by atoms with van der Waals surface area (Å²) in [7, 11) is 0. The fraction of sp³-hybridized carbons (Fsp3) is 0.600. The summed E-state index contributed by atoms with van der Waals surface area (Å²) in [6.45, 7) is 8.47. The van der Waals surface area contributed by atoms with E-state index < -0.39 is 0 Å². The maximum atomic E-state index is 5.69. The number of rotatable bonds is 7. The van der Waals surface area contributed by atoms with Gasteiger partial charge in [-0.05, 0) is 37.5 Å². The van der Waals surface area contributed by atoms with E-state index in [2.05, 4.69) is 31.4 Å². The van der Waals surface area contributed by atoms with E-state index in [4.69, 9.17) is 10.6 Å². The van der Waals surface area contributed by atoms with Crippen molar-refractivity contribution in [1.29, 1.82) is 0 Å². The Morgan fingerprint density at radius 1 is 1.11 bits per heavy atom. The highest BCUT2D eigenvalue weighted by Gasteiger charge is 2.18. The van der Waals surface area contributed by atoms with Crippen LogP contribution in [0.15, 0.2) is 24.3 Å². The summed E-state index contributed by atoms with van der Waals surface area (Å²) in [5.41, 5.74) is 4.16. The molecule has 0 heterocycles. The smallest absolute Gasteiger partial charge is 0.119 e. The minimum atomic E-state index is 0.207. The van der Waals surface area contributed by atoms with Gasteiger partial charge in [0, 0.05) is 6.04 Å². The number of hydrogen-bond acceptors (Lipinski definition) is 3. The van der Waals surface area contributed by atoms with Crippen molar-refractivity contribution in [3.8, 4) is 5.75 Å². The summed E-state index contributed by atoms with van der Waals surface area (Å²) in [6, 6.07) is 8.44. The van der Waals surface area contributed by atoms with Gasteiger partial charge < -0.3 is 4.74 Å². The molecule has 0 saturated heterocycles. The number of hydrogen-bond donors (Lipinski definition) is 2. The van der Waals surface area contributed by atoms with Gasteiger partial charge in [-0.3, -0.25) is 11.3 Å². The standard InChI is InChI=1S/C15H26N2O/c1-5-12(6-2)15(17-16)13-7-9-14(10-8-13)18-11(3)4/h7-12,15,17H,5-6,16H2,1-4H3. The molecule has 1 aromatic carbocycles. The van der Waals surface area contributed by atoms with Crippen molar-refractivity contribution >= 4 is 0 Å². The van der Waals surface area contributed by atoms with Crippen molar-refractivity contribution in [2.24, 2.45) is 11.8 Å². The average Bonchev–Trinajstić information content (AvgIpc) is 2.36. The zero-order valence-corrected chi connectivity index (χ0v) is 11.9. The molecule has 102 valence electrons. The Hall–Kier alpha value is -1.06. The van der Waals surface area contributed by atoms with Crippen molar-refractivity contribution < 1.29 is 4.74 Å². The minimum absolute atomic E-state index is 0.207. The molecule has 0 aliphatic heterocycles. The number of benzene rings is 1. The summed E-state index contributed by atoms with van der Waals surface area (Å²) >= 11 is 0. The summed E-state index contributed by atoms with van der Waals surface area (Å²) in [5, 5.41) is 0. The molecule has 0 saturated carbocycles. The SMILES string of the molecule is CCC(CC)C(NN)c1ccc(OC(C)C)cc1. The van der Waals surface area contributed by atoms with Gasteiger partial charge in [0.1, 0.15) is 5.75 Å². The number of ether oxygens (including phenoxy) is 1. The molecular formula is C15H26N2O. The lowest BCUT2D eigenvalue weighted by molar-refractivity contribution is 0.242. The molecule has 3 N–H and O–H groups in total. The van der Waals surface area contributed by atoms with E-state index in [1.54, 1.807) is 0 Å². The van der Waals surface area contributed by atoms with E-state index in [-0.39, 0.29) is 12.1 Å². The van der Waals surface area contributed by atoms with Gasteiger partial charge in [-0.1, -0.05) is 38.8 Å². The van der Waals surface area contributed by atoms with Crippen molar-refractivity contribution in [3.05, 3.63) is 29.8 Å². The monoisotopic (exact) mass is 250 g/mol. The lowest BCUT2D eigenvalue weighted by atomic mass is 9.89. The highest BCUT2D eigenvalue weighted by Crippen LogP contribution is 2.28. The van der Waals surface area contributed by atoms with Crippen LogP contribution in [0.4, 0.5) is 0 Å². The molecule has 18 heavy (non-hydrogen) atoms. The van der Waals surface area contributed by atoms with Gasteiger partial charge in [0.2, 0.25) is 0 Å². The number of hydrazine groups is 1. The van der Waals surface area contributed by atoms with Gasteiger partial charge in [-0.15, -0.1) is 0 Å². The molecule has 3 heteroatoms. The normalized spacial score (nSPS) is 13.1. The van der Waals surface area contributed by atoms with Crippen molar-refractivity contribution in [1.82, 2.24) is 5.43 Å². The summed E-state index contributed by atoms with van der Waals surface area (Å²) < 4.78 is 5.64. The summed E-state index contributed by atoms with van der Waals surface area (Å²) in [5.74, 6) is 7.17. The molecule has 1 rings (SSSR count). The molecule has 0 spiro atoms. The van der Waals surface area contributed by atoms with Gasteiger partial charge in [-0.2, -0.15) is 0 Å². The number of nitrogens with two attached hydrogens (primary N) is 1. The first-order chi connectivity index (χ1) is 8.62. The molecule has 0 aromatic heterocycles. The lowest BCUT2D eigenvalue weighted by Gasteiger charge is -2.25. The maximum Gasteiger partial charge on any atom is 0.119 e. The first-order valence-electron chi connectivity index (χ1n) is 6.85. The fourth-order valence-electron chi connectivity index (χ4n) is 2.29. The molecular weight excluding hydrogens is 224 g/mol. The third kappa shape index (κ3) is 4.00. The van der Waals surface area contributed by atoms with Crippen LogP contribution >= 0.6 is 0 Å². The second kappa shape index (κ2) is 7.39. The van der Waals surface area contributed by atoms with Gasteiger partial charge >= 0.3 is 0 Å². The van der Waals surface area contributed by atoms with Crippen LogP contribution in [0.25, 0.3) is 0 Å². The third-order valence-electron chi connectivity index (χ3n) is 3.31. The van der Waals surface area contributed by atoms with Gasteiger partial charge in [0.05, 0.1) is 6.10 Å². The Morgan fingerprint density at radius 2 is 1.67 bits per heavy atom. The molecule has 0 radical (unpaired) electrons. The van der Waals surface area contributed by atoms with Crippen LogP contribution in [0, 0.1) is 5.92 Å². The Morgan fingerprint density at radius 3 is 2.06 bits per heavy atom. The van der Waals surface area contributed by atoms with Crippen LogP contribution in [-0.4, -0.2) is 6.10 Å². The molecule has 0 aliphatic carbocycles. The molecule has 3 nitrogen and oxygen atoms in total. The molecule has 0 bridgehead atoms. The van der Waals surface area contributed by atoms with E-state index >= 15 is 0 Å².